The van der Waals surface area contributed by atoms with Crippen molar-refractivity contribution >= 4 is 17.6 Å². The van der Waals surface area contributed by atoms with Crippen molar-refractivity contribution in [2.24, 2.45) is 0 Å². The first-order valence-electron chi connectivity index (χ1n) is 5.49. The molecule has 2 rings (SSSR count). The van der Waals surface area contributed by atoms with Gasteiger partial charge >= 0.3 is 5.97 Å². The number of methoxy groups -OCH3 is 1. The molecule has 2 aromatic rings. The van der Waals surface area contributed by atoms with Crippen LogP contribution in [0.5, 0.6) is 0 Å². The molecule has 0 fully saturated rings. The Morgan fingerprint density at radius 2 is 2.16 bits per heavy atom. The minimum Gasteiger partial charge on any atom is -0.465 e. The van der Waals surface area contributed by atoms with Gasteiger partial charge in [0.25, 0.3) is 5.91 Å². The number of benzene rings is 1. The largest absolute Gasteiger partial charge is 0.465 e. The van der Waals surface area contributed by atoms with Crippen molar-refractivity contribution < 1.29 is 14.3 Å². The molecule has 98 valence electrons. The fourth-order valence-corrected chi connectivity index (χ4v) is 1.47. The van der Waals surface area contributed by atoms with Gasteiger partial charge in [-0.1, -0.05) is 6.07 Å². The Morgan fingerprint density at radius 1 is 1.37 bits per heavy atom. The third kappa shape index (κ3) is 2.95. The van der Waals surface area contributed by atoms with Gasteiger partial charge in [0.15, 0.2) is 0 Å². The molecule has 0 spiro atoms. The lowest BCUT2D eigenvalue weighted by atomic mass is 10.2. The quantitative estimate of drug-likeness (QED) is 0.807. The zero-order chi connectivity index (χ0) is 13.8. The van der Waals surface area contributed by atoms with Crippen molar-refractivity contribution in [2.75, 3.05) is 12.4 Å². The van der Waals surface area contributed by atoms with E-state index in [4.69, 9.17) is 0 Å². The zero-order valence-corrected chi connectivity index (χ0v) is 10.4. The average molecular weight is 260 g/mol. The maximum Gasteiger partial charge on any atom is 0.337 e. The van der Waals surface area contributed by atoms with Gasteiger partial charge in [-0.2, -0.15) is 0 Å². The summed E-state index contributed by atoms with van der Waals surface area (Å²) >= 11 is 0. The van der Waals surface area contributed by atoms with E-state index in [1.165, 1.54) is 13.2 Å². The van der Waals surface area contributed by atoms with E-state index in [2.05, 4.69) is 25.2 Å². The number of carbonyl (C=O) groups excluding carboxylic acids is 2. The third-order valence-electron chi connectivity index (χ3n) is 2.34. The van der Waals surface area contributed by atoms with Crippen LogP contribution in [0.4, 0.5) is 5.69 Å². The summed E-state index contributed by atoms with van der Waals surface area (Å²) in [5, 5.41) is 8.92. The Kier molecular flexibility index (Phi) is 3.56. The second-order valence-electron chi connectivity index (χ2n) is 3.77. The molecular weight excluding hydrogens is 248 g/mol. The summed E-state index contributed by atoms with van der Waals surface area (Å²) < 4.78 is 4.60. The number of aromatic nitrogens is 3. The van der Waals surface area contributed by atoms with E-state index in [-0.39, 0.29) is 5.82 Å². The predicted molar refractivity (Wildman–Crippen MR) is 66.9 cm³/mol. The van der Waals surface area contributed by atoms with E-state index in [1.54, 1.807) is 25.1 Å². The molecule has 2 N–H and O–H groups in total. The first kappa shape index (κ1) is 12.7. The molecule has 1 amide bonds. The van der Waals surface area contributed by atoms with Gasteiger partial charge < -0.3 is 10.1 Å². The van der Waals surface area contributed by atoms with Gasteiger partial charge in [0.1, 0.15) is 5.82 Å². The Labute approximate surface area is 109 Å². The lowest BCUT2D eigenvalue weighted by Crippen LogP contribution is -2.14. The van der Waals surface area contributed by atoms with Crippen LogP contribution in [0.3, 0.4) is 0 Å². The highest BCUT2D eigenvalue weighted by Gasteiger charge is 2.12. The Balaban J connectivity index is 2.15. The Bertz CT molecular complexity index is 621. The van der Waals surface area contributed by atoms with Gasteiger partial charge in [-0.15, -0.1) is 5.10 Å². The van der Waals surface area contributed by atoms with Gasteiger partial charge in [0.05, 0.1) is 12.7 Å². The Morgan fingerprint density at radius 3 is 2.79 bits per heavy atom. The second-order valence-corrected chi connectivity index (χ2v) is 3.77. The maximum atomic E-state index is 11.8. The SMILES string of the molecule is COC(=O)c1cccc(NC(=O)c2n[nH]c(C)n2)c1. The van der Waals surface area contributed by atoms with Gasteiger partial charge in [-0.3, -0.25) is 9.89 Å². The zero-order valence-electron chi connectivity index (χ0n) is 10.4. The van der Waals surface area contributed by atoms with Gasteiger partial charge in [0.2, 0.25) is 5.82 Å². The number of rotatable bonds is 3. The average Bonchev–Trinajstić information content (AvgIpc) is 2.85. The minimum absolute atomic E-state index is 0.0426. The number of nitrogens with one attached hydrogen (secondary N) is 2. The molecule has 1 aromatic heterocycles. The standard InChI is InChI=1S/C12H12N4O3/c1-7-13-10(16-15-7)11(17)14-9-5-3-4-8(6-9)12(18)19-2/h3-6H,1-2H3,(H,14,17)(H,13,15,16). The summed E-state index contributed by atoms with van der Waals surface area (Å²) in [6, 6.07) is 6.41. The van der Waals surface area contributed by atoms with E-state index in [1.807, 2.05) is 0 Å². The fraction of sp³-hybridized carbons (Fsp3) is 0.167. The number of anilines is 1. The summed E-state index contributed by atoms with van der Waals surface area (Å²) in [5.41, 5.74) is 0.821. The number of carbonyl (C=O) groups is 2. The molecule has 0 bridgehead atoms. The Hall–Kier alpha value is -2.70. The first-order valence-corrected chi connectivity index (χ1v) is 5.49. The molecule has 0 aliphatic rings. The van der Waals surface area contributed by atoms with Crippen LogP contribution >= 0.6 is 0 Å². The summed E-state index contributed by atoms with van der Waals surface area (Å²) in [4.78, 5) is 27.1. The maximum absolute atomic E-state index is 11.8. The molecule has 0 unspecified atom stereocenters. The number of nitrogens with zero attached hydrogens (tertiary/aromatic N) is 2. The highest BCUT2D eigenvalue weighted by molar-refractivity contribution is 6.02. The van der Waals surface area contributed by atoms with Crippen molar-refractivity contribution in [3.8, 4) is 0 Å². The van der Waals surface area contributed by atoms with Crippen molar-refractivity contribution in [1.29, 1.82) is 0 Å². The topological polar surface area (TPSA) is 97.0 Å². The molecule has 0 aliphatic heterocycles. The number of aromatic amines is 1. The number of amides is 1. The van der Waals surface area contributed by atoms with Crippen LogP contribution in [0.1, 0.15) is 26.8 Å². The lowest BCUT2D eigenvalue weighted by molar-refractivity contribution is 0.0600. The number of hydrogen-bond donors (Lipinski definition) is 2. The van der Waals surface area contributed by atoms with E-state index in [9.17, 15) is 9.59 Å². The van der Waals surface area contributed by atoms with E-state index in [0.717, 1.165) is 0 Å². The number of ether oxygens (including phenoxy) is 1. The third-order valence-corrected chi connectivity index (χ3v) is 2.34. The lowest BCUT2D eigenvalue weighted by Gasteiger charge is -2.04. The molecule has 1 aromatic carbocycles. The molecule has 19 heavy (non-hydrogen) atoms. The van der Waals surface area contributed by atoms with Crippen LogP contribution in [0.2, 0.25) is 0 Å². The number of hydrogen-bond acceptors (Lipinski definition) is 5. The van der Waals surface area contributed by atoms with E-state index < -0.39 is 11.9 Å². The molecule has 0 saturated heterocycles. The van der Waals surface area contributed by atoms with Crippen molar-refractivity contribution in [1.82, 2.24) is 15.2 Å². The minimum atomic E-state index is -0.468. The summed E-state index contributed by atoms with van der Waals surface area (Å²) in [7, 11) is 1.30. The van der Waals surface area contributed by atoms with Gasteiger partial charge in [-0.25, -0.2) is 9.78 Å². The van der Waals surface area contributed by atoms with Crippen LogP contribution in [0, 0.1) is 6.92 Å². The number of H-pyrrole nitrogens is 1. The highest BCUT2D eigenvalue weighted by Crippen LogP contribution is 2.12. The molecule has 0 saturated carbocycles. The normalized spacial score (nSPS) is 10.0. The van der Waals surface area contributed by atoms with Crippen LogP contribution < -0.4 is 5.32 Å². The van der Waals surface area contributed by atoms with Crippen LogP contribution in [-0.4, -0.2) is 34.2 Å². The smallest absolute Gasteiger partial charge is 0.337 e. The summed E-state index contributed by atoms with van der Waals surface area (Å²) in [5.74, 6) is -0.328. The summed E-state index contributed by atoms with van der Waals surface area (Å²) in [6.07, 6.45) is 0. The molecule has 0 atom stereocenters. The van der Waals surface area contributed by atoms with Crippen molar-refractivity contribution in [3.05, 3.63) is 41.5 Å². The van der Waals surface area contributed by atoms with E-state index in [0.29, 0.717) is 17.1 Å². The van der Waals surface area contributed by atoms with Crippen molar-refractivity contribution in [2.45, 2.75) is 6.92 Å². The summed E-state index contributed by atoms with van der Waals surface area (Å²) in [6.45, 7) is 1.70. The highest BCUT2D eigenvalue weighted by atomic mass is 16.5. The number of aryl methyl sites for hydroxylation is 1. The monoisotopic (exact) mass is 260 g/mol. The first-order chi connectivity index (χ1) is 9.10. The molecule has 7 nitrogen and oxygen atoms in total. The molecule has 1 heterocycles. The van der Waals surface area contributed by atoms with Gasteiger partial charge in [-0.05, 0) is 25.1 Å². The number of esters is 1. The molecule has 7 heteroatoms. The van der Waals surface area contributed by atoms with E-state index >= 15 is 0 Å². The molecule has 0 radical (unpaired) electrons. The molecular formula is C12H12N4O3. The van der Waals surface area contributed by atoms with Crippen LogP contribution in [0.15, 0.2) is 24.3 Å². The predicted octanol–water partition coefficient (Wildman–Crippen LogP) is 1.15. The van der Waals surface area contributed by atoms with Crippen molar-refractivity contribution in [3.63, 3.8) is 0 Å². The molecule has 0 aliphatic carbocycles. The van der Waals surface area contributed by atoms with Crippen LogP contribution in [0.25, 0.3) is 0 Å². The van der Waals surface area contributed by atoms with Crippen LogP contribution in [-0.2, 0) is 4.74 Å². The fourth-order valence-electron chi connectivity index (χ4n) is 1.47. The van der Waals surface area contributed by atoms with Gasteiger partial charge in [0, 0.05) is 5.69 Å². The second kappa shape index (κ2) is 5.30.